The van der Waals surface area contributed by atoms with Crippen LogP contribution in [0.15, 0.2) is 12.3 Å². The minimum atomic E-state index is -4.56. The maximum Gasteiger partial charge on any atom is 0.406 e. The van der Waals surface area contributed by atoms with E-state index >= 15 is 0 Å². The number of amides is 1. The van der Waals surface area contributed by atoms with Gasteiger partial charge in [0.05, 0.1) is 17.2 Å². The molecular formula is C11H13ClF3N3O2. The van der Waals surface area contributed by atoms with Gasteiger partial charge in [-0.1, -0.05) is 11.6 Å². The summed E-state index contributed by atoms with van der Waals surface area (Å²) in [6.07, 6.45) is -3.39. The third-order valence-electron chi connectivity index (χ3n) is 2.37. The van der Waals surface area contributed by atoms with E-state index in [2.05, 4.69) is 10.3 Å². The van der Waals surface area contributed by atoms with E-state index in [9.17, 15) is 18.0 Å². The molecule has 1 aromatic heterocycles. The fourth-order valence-corrected chi connectivity index (χ4v) is 1.68. The largest absolute Gasteiger partial charge is 0.406 e. The Hall–Kier alpha value is -1.54. The Morgan fingerprint density at radius 2 is 2.20 bits per heavy atom. The van der Waals surface area contributed by atoms with Gasteiger partial charge in [-0.3, -0.25) is 4.79 Å². The Morgan fingerprint density at radius 3 is 2.70 bits per heavy atom. The highest BCUT2D eigenvalue weighted by molar-refractivity contribution is 6.33. The zero-order valence-electron chi connectivity index (χ0n) is 10.5. The van der Waals surface area contributed by atoms with Gasteiger partial charge in [0.2, 0.25) is 0 Å². The summed E-state index contributed by atoms with van der Waals surface area (Å²) in [6, 6.07) is 1.26. The van der Waals surface area contributed by atoms with Crippen LogP contribution in [0.3, 0.4) is 0 Å². The van der Waals surface area contributed by atoms with Gasteiger partial charge in [-0.2, -0.15) is 13.2 Å². The molecule has 0 bridgehead atoms. The molecule has 0 radical (unpaired) electrons. The van der Waals surface area contributed by atoms with Gasteiger partial charge >= 0.3 is 6.18 Å². The first kappa shape index (κ1) is 16.5. The van der Waals surface area contributed by atoms with Crippen LogP contribution in [-0.4, -0.2) is 53.8 Å². The van der Waals surface area contributed by atoms with Gasteiger partial charge < -0.3 is 15.3 Å². The number of carbonyl (C=O) groups excluding carboxylic acids is 1. The second-order valence-corrected chi connectivity index (χ2v) is 4.27. The van der Waals surface area contributed by atoms with Crippen molar-refractivity contribution in [2.24, 2.45) is 0 Å². The number of nitrogens with zero attached hydrogens (tertiary/aromatic N) is 2. The zero-order chi connectivity index (χ0) is 15.3. The second-order valence-electron chi connectivity index (χ2n) is 3.86. The SMILES string of the molecule is CNc1cc(C(=O)N(CCO)CC(F)(F)F)c(Cl)cn1. The topological polar surface area (TPSA) is 65.5 Å². The van der Waals surface area contributed by atoms with Gasteiger partial charge in [0.1, 0.15) is 12.4 Å². The van der Waals surface area contributed by atoms with Crippen molar-refractivity contribution in [1.29, 1.82) is 0 Å². The van der Waals surface area contributed by atoms with Crippen molar-refractivity contribution in [3.63, 3.8) is 0 Å². The summed E-state index contributed by atoms with van der Waals surface area (Å²) >= 11 is 5.78. The molecule has 5 nitrogen and oxygen atoms in total. The molecule has 1 amide bonds. The highest BCUT2D eigenvalue weighted by Crippen LogP contribution is 2.22. The molecule has 9 heteroatoms. The van der Waals surface area contributed by atoms with Gasteiger partial charge in [0.25, 0.3) is 5.91 Å². The minimum absolute atomic E-state index is 0.0564. The highest BCUT2D eigenvalue weighted by atomic mass is 35.5. The lowest BCUT2D eigenvalue weighted by molar-refractivity contribution is -0.141. The molecule has 0 saturated carbocycles. The number of aliphatic hydroxyl groups excluding tert-OH is 1. The van der Waals surface area contributed by atoms with Crippen LogP contribution >= 0.6 is 11.6 Å². The minimum Gasteiger partial charge on any atom is -0.395 e. The molecule has 2 N–H and O–H groups in total. The van der Waals surface area contributed by atoms with Crippen LogP contribution in [0.25, 0.3) is 0 Å². The number of nitrogens with one attached hydrogen (secondary N) is 1. The average Bonchev–Trinajstić information content (AvgIpc) is 2.36. The standard InChI is InChI=1S/C11H13ClF3N3O2/c1-16-9-4-7(8(12)5-17-9)10(20)18(2-3-19)6-11(13,14)15/h4-5,19H,2-3,6H2,1H3,(H,16,17). The molecule has 0 spiro atoms. The molecule has 0 aromatic carbocycles. The van der Waals surface area contributed by atoms with Crippen molar-refractivity contribution >= 4 is 23.3 Å². The van der Waals surface area contributed by atoms with E-state index in [0.29, 0.717) is 10.7 Å². The number of halogens is 4. The molecule has 112 valence electrons. The molecule has 1 heterocycles. The van der Waals surface area contributed by atoms with Crippen LogP contribution in [-0.2, 0) is 0 Å². The Morgan fingerprint density at radius 1 is 1.55 bits per heavy atom. The van der Waals surface area contributed by atoms with Crippen molar-refractivity contribution in [3.8, 4) is 0 Å². The summed E-state index contributed by atoms with van der Waals surface area (Å²) in [5.74, 6) is -0.617. The van der Waals surface area contributed by atoms with E-state index in [-0.39, 0.29) is 10.6 Å². The lowest BCUT2D eigenvalue weighted by Crippen LogP contribution is -2.40. The summed E-state index contributed by atoms with van der Waals surface area (Å²) in [6.45, 7) is -2.48. The predicted octanol–water partition coefficient (Wildman–Crippen LogP) is 1.77. The van der Waals surface area contributed by atoms with Crippen molar-refractivity contribution in [2.75, 3.05) is 32.1 Å². The molecule has 1 rings (SSSR count). The molecule has 1 aromatic rings. The van der Waals surface area contributed by atoms with E-state index < -0.39 is 31.8 Å². The van der Waals surface area contributed by atoms with E-state index in [1.807, 2.05) is 0 Å². The van der Waals surface area contributed by atoms with Crippen molar-refractivity contribution < 1.29 is 23.1 Å². The van der Waals surface area contributed by atoms with Crippen molar-refractivity contribution in [1.82, 2.24) is 9.88 Å². The first-order valence-corrected chi connectivity index (χ1v) is 5.96. The van der Waals surface area contributed by atoms with Crippen LogP contribution in [0.1, 0.15) is 10.4 Å². The number of anilines is 1. The third-order valence-corrected chi connectivity index (χ3v) is 2.67. The Bertz CT molecular complexity index is 482. The van der Waals surface area contributed by atoms with E-state index in [1.54, 1.807) is 7.05 Å². The van der Waals surface area contributed by atoms with Crippen molar-refractivity contribution in [3.05, 3.63) is 22.8 Å². The fraction of sp³-hybridized carbons (Fsp3) is 0.455. The molecule has 0 atom stereocenters. The summed E-state index contributed by atoms with van der Waals surface area (Å²) in [4.78, 5) is 16.4. The summed E-state index contributed by atoms with van der Waals surface area (Å²) < 4.78 is 37.3. The van der Waals surface area contributed by atoms with E-state index in [1.165, 1.54) is 12.3 Å². The molecule has 0 aliphatic heterocycles. The van der Waals surface area contributed by atoms with Crippen LogP contribution in [0.5, 0.6) is 0 Å². The molecule has 0 aliphatic rings. The number of aliphatic hydroxyl groups is 1. The maximum atomic E-state index is 12.4. The zero-order valence-corrected chi connectivity index (χ0v) is 11.3. The Kier molecular flexibility index (Phi) is 5.58. The first-order valence-electron chi connectivity index (χ1n) is 5.58. The number of alkyl halides is 3. The number of hydrogen-bond acceptors (Lipinski definition) is 4. The molecular weight excluding hydrogens is 299 g/mol. The molecule has 20 heavy (non-hydrogen) atoms. The van der Waals surface area contributed by atoms with Gasteiger partial charge in [-0.25, -0.2) is 4.98 Å². The number of rotatable bonds is 5. The first-order chi connectivity index (χ1) is 9.28. The van der Waals surface area contributed by atoms with Gasteiger partial charge in [0.15, 0.2) is 0 Å². The monoisotopic (exact) mass is 311 g/mol. The molecule has 0 aliphatic carbocycles. The predicted molar refractivity (Wildman–Crippen MR) is 67.8 cm³/mol. The van der Waals surface area contributed by atoms with Crippen LogP contribution in [0.2, 0.25) is 5.02 Å². The van der Waals surface area contributed by atoms with Gasteiger partial charge in [-0.05, 0) is 6.07 Å². The van der Waals surface area contributed by atoms with Crippen LogP contribution < -0.4 is 5.32 Å². The van der Waals surface area contributed by atoms with Crippen molar-refractivity contribution in [2.45, 2.75) is 6.18 Å². The van der Waals surface area contributed by atoms with Gasteiger partial charge in [-0.15, -0.1) is 0 Å². The fourth-order valence-electron chi connectivity index (χ4n) is 1.50. The van der Waals surface area contributed by atoms with E-state index in [4.69, 9.17) is 16.7 Å². The molecule has 0 unspecified atom stereocenters. The summed E-state index contributed by atoms with van der Waals surface area (Å²) in [5, 5.41) is 11.4. The average molecular weight is 312 g/mol. The second kappa shape index (κ2) is 6.76. The highest BCUT2D eigenvalue weighted by Gasteiger charge is 2.33. The van der Waals surface area contributed by atoms with E-state index in [0.717, 1.165) is 0 Å². The Labute approximate surface area is 118 Å². The maximum absolute atomic E-state index is 12.4. The van der Waals surface area contributed by atoms with Crippen LogP contribution in [0, 0.1) is 0 Å². The lowest BCUT2D eigenvalue weighted by Gasteiger charge is -2.23. The Balaban J connectivity index is 3.05. The number of aromatic nitrogens is 1. The molecule has 0 fully saturated rings. The number of hydrogen-bond donors (Lipinski definition) is 2. The number of carbonyl (C=O) groups is 1. The summed E-state index contributed by atoms with van der Waals surface area (Å²) in [7, 11) is 1.55. The lowest BCUT2D eigenvalue weighted by atomic mass is 10.2. The molecule has 0 saturated heterocycles. The van der Waals surface area contributed by atoms with Crippen LogP contribution in [0.4, 0.5) is 19.0 Å². The van der Waals surface area contributed by atoms with Gasteiger partial charge in [0, 0.05) is 19.8 Å². The summed E-state index contributed by atoms with van der Waals surface area (Å²) in [5.41, 5.74) is -0.108. The number of pyridine rings is 1. The quantitative estimate of drug-likeness (QED) is 0.870. The smallest absolute Gasteiger partial charge is 0.395 e. The third kappa shape index (κ3) is 4.53. The normalized spacial score (nSPS) is 11.3.